The van der Waals surface area contributed by atoms with Gasteiger partial charge in [-0.05, 0) is 23.8 Å². The average Bonchev–Trinajstić information content (AvgIpc) is 3.21. The molecule has 1 N–H and O–H groups in total. The van der Waals surface area contributed by atoms with Gasteiger partial charge in [0, 0.05) is 41.8 Å². The van der Waals surface area contributed by atoms with Crippen molar-refractivity contribution in [3.8, 4) is 0 Å². The second-order valence-electron chi connectivity index (χ2n) is 5.15. The van der Waals surface area contributed by atoms with Crippen LogP contribution < -0.4 is 0 Å². The second-order valence-corrected chi connectivity index (χ2v) is 5.15. The van der Waals surface area contributed by atoms with E-state index >= 15 is 0 Å². The molecule has 0 aliphatic carbocycles. The van der Waals surface area contributed by atoms with Gasteiger partial charge in [0.1, 0.15) is 5.58 Å². The van der Waals surface area contributed by atoms with Crippen LogP contribution in [0, 0.1) is 0 Å². The lowest BCUT2D eigenvalue weighted by molar-refractivity contribution is 0.318. The highest BCUT2D eigenvalue weighted by atomic mass is 16.4. The van der Waals surface area contributed by atoms with Gasteiger partial charge in [0.15, 0.2) is 5.82 Å². The standard InChI is InChI=1S/C17H13N3O2/c21-20-15(13-4-7-18-17-14(13)5-8-19-17)10-11-2-1-3-16-12(11)6-9-22-16/h1-4,6-9,21H,5,10H2/b20-15+. The smallest absolute Gasteiger partial charge is 0.155 e. The molecule has 0 atom stereocenters. The first-order chi connectivity index (χ1) is 10.9. The number of aromatic nitrogens is 1. The highest BCUT2D eigenvalue weighted by Crippen LogP contribution is 2.27. The molecule has 0 spiro atoms. The van der Waals surface area contributed by atoms with E-state index < -0.39 is 0 Å². The van der Waals surface area contributed by atoms with Crippen LogP contribution in [0.2, 0.25) is 0 Å². The van der Waals surface area contributed by atoms with Gasteiger partial charge in [-0.15, -0.1) is 0 Å². The molecule has 5 nitrogen and oxygen atoms in total. The summed E-state index contributed by atoms with van der Waals surface area (Å²) in [6.45, 7) is 0. The zero-order chi connectivity index (χ0) is 14.9. The maximum absolute atomic E-state index is 9.50. The van der Waals surface area contributed by atoms with Crippen LogP contribution in [0.4, 0.5) is 5.82 Å². The summed E-state index contributed by atoms with van der Waals surface area (Å²) in [5, 5.41) is 14.1. The van der Waals surface area contributed by atoms with Crippen LogP contribution in [0.25, 0.3) is 11.0 Å². The summed E-state index contributed by atoms with van der Waals surface area (Å²) in [7, 11) is 0. The number of benzene rings is 1. The molecular weight excluding hydrogens is 278 g/mol. The Bertz CT molecular complexity index is 909. The fraction of sp³-hybridized carbons (Fsp3) is 0.118. The minimum absolute atomic E-state index is 0.518. The van der Waals surface area contributed by atoms with Crippen LogP contribution in [0.5, 0.6) is 0 Å². The van der Waals surface area contributed by atoms with E-state index in [0.717, 1.165) is 27.7 Å². The number of hydrogen-bond acceptors (Lipinski definition) is 5. The molecule has 0 amide bonds. The molecule has 108 valence electrons. The molecule has 1 aliphatic rings. The summed E-state index contributed by atoms with van der Waals surface area (Å²) in [6.07, 6.45) is 6.42. The van der Waals surface area contributed by atoms with Crippen molar-refractivity contribution >= 4 is 28.7 Å². The van der Waals surface area contributed by atoms with Crippen LogP contribution in [-0.2, 0) is 12.8 Å². The fourth-order valence-electron chi connectivity index (χ4n) is 2.86. The van der Waals surface area contributed by atoms with Crippen LogP contribution >= 0.6 is 0 Å². The highest BCUT2D eigenvalue weighted by Gasteiger charge is 2.18. The van der Waals surface area contributed by atoms with Gasteiger partial charge in [-0.3, -0.25) is 0 Å². The van der Waals surface area contributed by atoms with Crippen LogP contribution in [0.3, 0.4) is 0 Å². The Kier molecular flexibility index (Phi) is 2.96. The maximum Gasteiger partial charge on any atom is 0.155 e. The quantitative estimate of drug-likeness (QED) is 0.456. The molecule has 2 aromatic heterocycles. The Morgan fingerprint density at radius 1 is 1.27 bits per heavy atom. The van der Waals surface area contributed by atoms with Crippen molar-refractivity contribution in [2.24, 2.45) is 10.1 Å². The van der Waals surface area contributed by atoms with Crippen molar-refractivity contribution in [1.29, 1.82) is 0 Å². The molecule has 4 rings (SSSR count). The third-order valence-corrected chi connectivity index (χ3v) is 3.92. The van der Waals surface area contributed by atoms with Gasteiger partial charge in [-0.25, -0.2) is 9.98 Å². The molecular formula is C17H13N3O2. The number of hydrogen-bond donors (Lipinski definition) is 1. The number of aliphatic imine (C=N–C) groups is 1. The topological polar surface area (TPSA) is 71.0 Å². The van der Waals surface area contributed by atoms with Crippen LogP contribution in [0.15, 0.2) is 57.4 Å². The van der Waals surface area contributed by atoms with Crippen molar-refractivity contribution < 1.29 is 9.62 Å². The monoisotopic (exact) mass is 291 g/mol. The summed E-state index contributed by atoms with van der Waals surface area (Å²) in [6, 6.07) is 9.68. The van der Waals surface area contributed by atoms with Crippen molar-refractivity contribution in [3.05, 3.63) is 59.5 Å². The van der Waals surface area contributed by atoms with E-state index in [9.17, 15) is 5.21 Å². The minimum Gasteiger partial charge on any atom is -0.464 e. The lowest BCUT2D eigenvalue weighted by Crippen LogP contribution is -2.09. The van der Waals surface area contributed by atoms with Crippen LogP contribution in [-0.4, -0.2) is 22.1 Å². The molecule has 0 fully saturated rings. The molecule has 3 aromatic rings. The van der Waals surface area contributed by atoms with Crippen LogP contribution in [0.1, 0.15) is 16.7 Å². The minimum atomic E-state index is 0.518. The fourth-order valence-corrected chi connectivity index (χ4v) is 2.86. The van der Waals surface area contributed by atoms with Gasteiger partial charge in [-0.2, -0.15) is 0 Å². The van der Waals surface area contributed by atoms with Crippen molar-refractivity contribution in [2.45, 2.75) is 12.8 Å². The molecule has 0 saturated carbocycles. The number of nitrogens with zero attached hydrogens (tertiary/aromatic N) is 3. The van der Waals surface area contributed by atoms with Crippen molar-refractivity contribution in [3.63, 3.8) is 0 Å². The maximum atomic E-state index is 9.50. The Balaban J connectivity index is 1.76. The molecule has 5 heteroatoms. The summed E-state index contributed by atoms with van der Waals surface area (Å²) in [5.74, 6) is 0.708. The molecule has 0 saturated heterocycles. The number of pyridine rings is 1. The molecule has 0 radical (unpaired) electrons. The Hall–Kier alpha value is -2.95. The van der Waals surface area contributed by atoms with E-state index in [0.29, 0.717) is 24.4 Å². The van der Waals surface area contributed by atoms with Crippen molar-refractivity contribution in [1.82, 2.24) is 4.98 Å². The van der Waals surface area contributed by atoms with E-state index in [1.54, 1.807) is 12.5 Å². The predicted molar refractivity (Wildman–Crippen MR) is 84.3 cm³/mol. The number of furan rings is 1. The predicted octanol–water partition coefficient (Wildman–Crippen LogP) is 3.51. The first-order valence-electron chi connectivity index (χ1n) is 7.03. The third kappa shape index (κ3) is 1.98. The zero-order valence-electron chi connectivity index (χ0n) is 11.7. The molecule has 0 bridgehead atoms. The van der Waals surface area contributed by atoms with E-state index in [1.165, 1.54) is 0 Å². The van der Waals surface area contributed by atoms with Gasteiger partial charge in [0.25, 0.3) is 0 Å². The Morgan fingerprint density at radius 2 is 2.23 bits per heavy atom. The largest absolute Gasteiger partial charge is 0.464 e. The average molecular weight is 291 g/mol. The van der Waals surface area contributed by atoms with E-state index in [-0.39, 0.29) is 0 Å². The van der Waals surface area contributed by atoms with Gasteiger partial charge >= 0.3 is 0 Å². The third-order valence-electron chi connectivity index (χ3n) is 3.92. The van der Waals surface area contributed by atoms with E-state index in [2.05, 4.69) is 15.1 Å². The summed E-state index contributed by atoms with van der Waals surface area (Å²) >= 11 is 0. The number of oxime groups is 1. The Labute approximate surface area is 126 Å². The van der Waals surface area contributed by atoms with Gasteiger partial charge in [-0.1, -0.05) is 17.3 Å². The highest BCUT2D eigenvalue weighted by molar-refractivity contribution is 6.05. The van der Waals surface area contributed by atoms with E-state index in [1.807, 2.05) is 36.5 Å². The normalized spacial score (nSPS) is 13.7. The number of fused-ring (bicyclic) bond motifs is 2. The molecule has 1 aliphatic heterocycles. The zero-order valence-corrected chi connectivity index (χ0v) is 11.7. The summed E-state index contributed by atoms with van der Waals surface area (Å²) in [4.78, 5) is 8.47. The second kappa shape index (κ2) is 5.11. The molecule has 22 heavy (non-hydrogen) atoms. The summed E-state index contributed by atoms with van der Waals surface area (Å²) in [5.41, 5.74) is 4.40. The SMILES string of the molecule is O/N=C(\Cc1cccc2occc12)c1ccnc2c1CC=N2. The summed E-state index contributed by atoms with van der Waals surface area (Å²) < 4.78 is 5.42. The Morgan fingerprint density at radius 3 is 3.14 bits per heavy atom. The van der Waals surface area contributed by atoms with Gasteiger partial charge in [0.05, 0.1) is 12.0 Å². The first kappa shape index (κ1) is 12.8. The molecule has 3 heterocycles. The molecule has 0 unspecified atom stereocenters. The first-order valence-corrected chi connectivity index (χ1v) is 7.03. The lowest BCUT2D eigenvalue weighted by atomic mass is 9.96. The lowest BCUT2D eigenvalue weighted by Gasteiger charge is -2.09. The number of rotatable bonds is 3. The molecule has 1 aromatic carbocycles. The van der Waals surface area contributed by atoms with Gasteiger partial charge < -0.3 is 9.62 Å². The van der Waals surface area contributed by atoms with E-state index in [4.69, 9.17) is 4.42 Å². The van der Waals surface area contributed by atoms with Gasteiger partial charge in [0.2, 0.25) is 0 Å². The van der Waals surface area contributed by atoms with Crippen molar-refractivity contribution in [2.75, 3.05) is 0 Å².